The van der Waals surface area contributed by atoms with E-state index in [1.807, 2.05) is 0 Å². The molecule has 0 radical (unpaired) electrons. The smallest absolute Gasteiger partial charge is 0.0195 e. The van der Waals surface area contributed by atoms with Crippen molar-refractivity contribution in [2.75, 3.05) is 39.8 Å². The van der Waals surface area contributed by atoms with Gasteiger partial charge in [-0.25, -0.2) is 0 Å². The van der Waals surface area contributed by atoms with Gasteiger partial charge in [-0.05, 0) is 72.5 Å². The zero-order chi connectivity index (χ0) is 16.1. The van der Waals surface area contributed by atoms with Gasteiger partial charge in [0.25, 0.3) is 0 Å². The fourth-order valence-corrected chi connectivity index (χ4v) is 3.32. The molecule has 126 valence electrons. The van der Waals surface area contributed by atoms with Crippen molar-refractivity contribution < 1.29 is 0 Å². The first-order valence-corrected chi connectivity index (χ1v) is 8.89. The van der Waals surface area contributed by atoms with Crippen molar-refractivity contribution in [2.45, 2.75) is 72.4 Å². The van der Waals surface area contributed by atoms with Crippen LogP contribution in [0.3, 0.4) is 0 Å². The first-order chi connectivity index (χ1) is 9.71. The minimum atomic E-state index is 0.209. The largest absolute Gasteiger partial charge is 0.311 e. The Morgan fingerprint density at radius 1 is 1.10 bits per heavy atom. The van der Waals surface area contributed by atoms with Crippen LogP contribution in [-0.2, 0) is 0 Å². The molecule has 1 atom stereocenters. The van der Waals surface area contributed by atoms with E-state index in [0.717, 1.165) is 6.54 Å². The molecular weight excluding hydrogens is 258 g/mol. The van der Waals surface area contributed by atoms with Crippen LogP contribution in [0, 0.1) is 5.41 Å². The second-order valence-corrected chi connectivity index (χ2v) is 8.25. The third-order valence-corrected chi connectivity index (χ3v) is 5.22. The third-order valence-electron chi connectivity index (χ3n) is 5.22. The predicted molar refractivity (Wildman–Crippen MR) is 93.9 cm³/mol. The van der Waals surface area contributed by atoms with Crippen LogP contribution in [0.1, 0.15) is 60.8 Å². The molecule has 1 rings (SSSR count). The first-order valence-electron chi connectivity index (χ1n) is 8.89. The highest BCUT2D eigenvalue weighted by Gasteiger charge is 2.32. The van der Waals surface area contributed by atoms with E-state index >= 15 is 0 Å². The summed E-state index contributed by atoms with van der Waals surface area (Å²) in [7, 11) is 2.26. The van der Waals surface area contributed by atoms with Crippen molar-refractivity contribution in [3.05, 3.63) is 0 Å². The molecule has 0 aromatic heterocycles. The van der Waals surface area contributed by atoms with Crippen LogP contribution in [0.25, 0.3) is 0 Å². The van der Waals surface area contributed by atoms with Gasteiger partial charge >= 0.3 is 0 Å². The van der Waals surface area contributed by atoms with Gasteiger partial charge in [0.1, 0.15) is 0 Å². The van der Waals surface area contributed by atoms with Gasteiger partial charge < -0.3 is 10.2 Å². The second kappa shape index (κ2) is 7.94. The van der Waals surface area contributed by atoms with E-state index in [0.29, 0.717) is 11.5 Å². The van der Waals surface area contributed by atoms with Crippen molar-refractivity contribution in [1.82, 2.24) is 15.1 Å². The summed E-state index contributed by atoms with van der Waals surface area (Å²) < 4.78 is 0. The van der Waals surface area contributed by atoms with E-state index in [1.165, 1.54) is 45.4 Å². The highest BCUT2D eigenvalue weighted by molar-refractivity contribution is 4.88. The van der Waals surface area contributed by atoms with Gasteiger partial charge in [0.05, 0.1) is 0 Å². The number of rotatable bonds is 6. The van der Waals surface area contributed by atoms with Gasteiger partial charge in [-0.15, -0.1) is 0 Å². The van der Waals surface area contributed by atoms with Gasteiger partial charge in [0, 0.05) is 31.2 Å². The summed E-state index contributed by atoms with van der Waals surface area (Å²) in [6, 6.07) is 0.671. The van der Waals surface area contributed by atoms with Gasteiger partial charge in [-0.2, -0.15) is 0 Å². The maximum absolute atomic E-state index is 3.76. The predicted octanol–water partition coefficient (Wildman–Crippen LogP) is 3.21. The van der Waals surface area contributed by atoms with Crippen LogP contribution >= 0.6 is 0 Å². The van der Waals surface area contributed by atoms with Crippen molar-refractivity contribution in [1.29, 1.82) is 0 Å². The van der Waals surface area contributed by atoms with Crippen LogP contribution in [0.4, 0.5) is 0 Å². The highest BCUT2D eigenvalue weighted by Crippen LogP contribution is 2.29. The van der Waals surface area contributed by atoms with Gasteiger partial charge in [0.15, 0.2) is 0 Å². The molecule has 3 nitrogen and oxygen atoms in total. The summed E-state index contributed by atoms with van der Waals surface area (Å²) in [6.45, 7) is 20.0. The van der Waals surface area contributed by atoms with E-state index in [2.05, 4.69) is 63.7 Å². The summed E-state index contributed by atoms with van der Waals surface area (Å²) in [5.74, 6) is 0. The van der Waals surface area contributed by atoms with E-state index in [4.69, 9.17) is 0 Å². The molecule has 1 fully saturated rings. The average Bonchev–Trinajstić information content (AvgIpc) is 2.55. The number of nitrogens with zero attached hydrogens (tertiary/aromatic N) is 2. The van der Waals surface area contributed by atoms with E-state index in [1.54, 1.807) is 0 Å². The van der Waals surface area contributed by atoms with Crippen molar-refractivity contribution in [3.8, 4) is 0 Å². The summed E-state index contributed by atoms with van der Waals surface area (Å²) >= 11 is 0. The van der Waals surface area contributed by atoms with Crippen LogP contribution in [0.2, 0.25) is 0 Å². The molecule has 0 spiro atoms. The minimum Gasteiger partial charge on any atom is -0.311 e. The number of hydrogen-bond acceptors (Lipinski definition) is 3. The molecule has 0 aromatic carbocycles. The Bertz CT molecular complexity index is 291. The van der Waals surface area contributed by atoms with E-state index in [9.17, 15) is 0 Å². The lowest BCUT2D eigenvalue weighted by Gasteiger charge is -2.41. The SMILES string of the molecule is CCC(CC)(CNC(C)(C)C)CN1CCCN(C)CC1C. The van der Waals surface area contributed by atoms with E-state index < -0.39 is 0 Å². The van der Waals surface area contributed by atoms with Gasteiger partial charge in [-0.3, -0.25) is 4.90 Å². The molecule has 0 amide bonds. The molecule has 0 saturated carbocycles. The quantitative estimate of drug-likeness (QED) is 0.812. The number of hydrogen-bond donors (Lipinski definition) is 1. The molecule has 3 heteroatoms. The zero-order valence-electron chi connectivity index (χ0n) is 15.6. The molecule has 1 unspecified atom stereocenters. The van der Waals surface area contributed by atoms with Crippen molar-refractivity contribution >= 4 is 0 Å². The van der Waals surface area contributed by atoms with Crippen molar-refractivity contribution in [3.63, 3.8) is 0 Å². The second-order valence-electron chi connectivity index (χ2n) is 8.25. The summed E-state index contributed by atoms with van der Waals surface area (Å²) in [6.07, 6.45) is 3.81. The van der Waals surface area contributed by atoms with Crippen molar-refractivity contribution in [2.24, 2.45) is 5.41 Å². The van der Waals surface area contributed by atoms with E-state index in [-0.39, 0.29) is 5.54 Å². The van der Waals surface area contributed by atoms with Crippen LogP contribution < -0.4 is 5.32 Å². The standard InChI is InChI=1S/C18H39N3/c1-8-18(9-2,14-19-17(4,5)6)15-21-12-10-11-20(7)13-16(21)3/h16,19H,8-15H2,1-7H3. The third kappa shape index (κ3) is 6.25. The molecule has 0 aliphatic carbocycles. The van der Waals surface area contributed by atoms with Crippen LogP contribution in [0.15, 0.2) is 0 Å². The Morgan fingerprint density at radius 3 is 2.24 bits per heavy atom. The number of nitrogens with one attached hydrogen (secondary N) is 1. The maximum atomic E-state index is 3.76. The Kier molecular flexibility index (Phi) is 7.15. The molecule has 21 heavy (non-hydrogen) atoms. The zero-order valence-corrected chi connectivity index (χ0v) is 15.6. The lowest BCUT2D eigenvalue weighted by molar-refractivity contribution is 0.0988. The summed E-state index contributed by atoms with van der Waals surface area (Å²) in [5, 5.41) is 3.76. The molecule has 1 aliphatic rings. The fraction of sp³-hybridized carbons (Fsp3) is 1.00. The van der Waals surface area contributed by atoms with Crippen LogP contribution in [-0.4, -0.2) is 61.2 Å². The maximum Gasteiger partial charge on any atom is 0.0195 e. The molecule has 1 N–H and O–H groups in total. The Morgan fingerprint density at radius 2 is 1.71 bits per heavy atom. The lowest BCUT2D eigenvalue weighted by Crippen LogP contribution is -2.50. The van der Waals surface area contributed by atoms with Crippen LogP contribution in [0.5, 0.6) is 0 Å². The highest BCUT2D eigenvalue weighted by atomic mass is 15.2. The lowest BCUT2D eigenvalue weighted by atomic mass is 9.80. The summed E-state index contributed by atoms with van der Waals surface area (Å²) in [4.78, 5) is 5.22. The molecule has 1 saturated heterocycles. The average molecular weight is 298 g/mol. The molecular formula is C18H39N3. The molecule has 0 aromatic rings. The van der Waals surface area contributed by atoms with Gasteiger partial charge in [0.2, 0.25) is 0 Å². The number of likely N-dealkylation sites (N-methyl/N-ethyl adjacent to an activating group) is 1. The molecule has 0 bridgehead atoms. The Hall–Kier alpha value is -0.120. The topological polar surface area (TPSA) is 18.5 Å². The minimum absolute atomic E-state index is 0.209. The molecule has 1 heterocycles. The summed E-state index contributed by atoms with van der Waals surface area (Å²) in [5.41, 5.74) is 0.616. The van der Waals surface area contributed by atoms with Gasteiger partial charge in [-0.1, -0.05) is 13.8 Å². The fourth-order valence-electron chi connectivity index (χ4n) is 3.32. The molecule has 1 aliphatic heterocycles. The monoisotopic (exact) mass is 297 g/mol. The Labute approximate surface area is 133 Å². The normalized spacial score (nSPS) is 23.3. The first kappa shape index (κ1) is 18.9. The Balaban J connectivity index is 2.71.